The van der Waals surface area contributed by atoms with Crippen LogP contribution < -0.4 is 5.32 Å². The zero-order valence-corrected chi connectivity index (χ0v) is 10.3. The molecule has 0 amide bonds. The molecule has 0 spiro atoms. The van der Waals surface area contributed by atoms with Crippen molar-refractivity contribution < 1.29 is 4.42 Å². The molecule has 0 saturated carbocycles. The maximum Gasteiger partial charge on any atom is 0.247 e. The molecule has 3 aromatic rings. The lowest BCUT2D eigenvalue weighted by atomic mass is 10.2. The fourth-order valence-electron chi connectivity index (χ4n) is 1.73. The van der Waals surface area contributed by atoms with E-state index in [0.717, 1.165) is 16.9 Å². The molecule has 7 heteroatoms. The van der Waals surface area contributed by atoms with Crippen molar-refractivity contribution in [2.24, 2.45) is 7.05 Å². The van der Waals surface area contributed by atoms with Crippen LogP contribution in [0.4, 0.5) is 5.69 Å². The molecule has 1 N–H and O–H groups in total. The fraction of sp³-hybridized carbons (Fsp3) is 0.167. The van der Waals surface area contributed by atoms with Gasteiger partial charge in [0.05, 0.1) is 6.54 Å². The number of aryl methyl sites for hydroxylation is 1. The van der Waals surface area contributed by atoms with Crippen LogP contribution in [0.25, 0.3) is 11.5 Å². The van der Waals surface area contributed by atoms with Crippen LogP contribution in [-0.2, 0) is 13.6 Å². The van der Waals surface area contributed by atoms with Gasteiger partial charge < -0.3 is 9.73 Å². The number of aromatic nitrogens is 5. The molecule has 0 saturated heterocycles. The predicted octanol–water partition coefficient (Wildman–Crippen LogP) is 1.48. The van der Waals surface area contributed by atoms with Crippen molar-refractivity contribution in [2.45, 2.75) is 6.54 Å². The third-order valence-electron chi connectivity index (χ3n) is 2.59. The second-order valence-corrected chi connectivity index (χ2v) is 4.06. The van der Waals surface area contributed by atoms with Crippen LogP contribution in [0.1, 0.15) is 5.69 Å². The highest BCUT2D eigenvalue weighted by atomic mass is 16.4. The Balaban J connectivity index is 1.73. The second kappa shape index (κ2) is 4.89. The first kappa shape index (κ1) is 11.4. The maximum absolute atomic E-state index is 5.16. The van der Waals surface area contributed by atoms with Crippen molar-refractivity contribution in [1.82, 2.24) is 25.2 Å². The Bertz CT molecular complexity index is 660. The summed E-state index contributed by atoms with van der Waals surface area (Å²) in [4.78, 5) is 0. The summed E-state index contributed by atoms with van der Waals surface area (Å²) >= 11 is 0. The van der Waals surface area contributed by atoms with Gasteiger partial charge in [0.25, 0.3) is 0 Å². The third kappa shape index (κ3) is 2.59. The van der Waals surface area contributed by atoms with E-state index < -0.39 is 0 Å². The van der Waals surface area contributed by atoms with Crippen molar-refractivity contribution in [3.05, 3.63) is 42.5 Å². The fourth-order valence-corrected chi connectivity index (χ4v) is 1.73. The van der Waals surface area contributed by atoms with E-state index in [1.165, 1.54) is 6.39 Å². The SMILES string of the molecule is Cn1cc(CNc2cccc(-c3nnco3)c2)nn1. The van der Waals surface area contributed by atoms with Crippen LogP contribution in [0.2, 0.25) is 0 Å². The Hall–Kier alpha value is -2.70. The lowest BCUT2D eigenvalue weighted by molar-refractivity contribution is 0.568. The van der Waals surface area contributed by atoms with E-state index in [2.05, 4.69) is 25.8 Å². The summed E-state index contributed by atoms with van der Waals surface area (Å²) in [5, 5.41) is 18.7. The van der Waals surface area contributed by atoms with Gasteiger partial charge in [0.2, 0.25) is 12.3 Å². The largest absolute Gasteiger partial charge is 0.423 e. The monoisotopic (exact) mass is 256 g/mol. The van der Waals surface area contributed by atoms with E-state index in [9.17, 15) is 0 Å². The van der Waals surface area contributed by atoms with E-state index in [1.807, 2.05) is 37.5 Å². The molecule has 0 unspecified atom stereocenters. The van der Waals surface area contributed by atoms with E-state index in [1.54, 1.807) is 4.68 Å². The minimum atomic E-state index is 0.503. The van der Waals surface area contributed by atoms with Crippen molar-refractivity contribution in [3.8, 4) is 11.5 Å². The zero-order chi connectivity index (χ0) is 13.1. The standard InChI is InChI=1S/C12H12N6O/c1-18-7-11(15-17-18)6-13-10-4-2-3-9(5-10)12-16-14-8-19-12/h2-5,7-8,13H,6H2,1H3. The highest BCUT2D eigenvalue weighted by Crippen LogP contribution is 2.20. The molecule has 0 atom stereocenters. The highest BCUT2D eigenvalue weighted by Gasteiger charge is 2.04. The summed E-state index contributed by atoms with van der Waals surface area (Å²) < 4.78 is 6.84. The van der Waals surface area contributed by atoms with Crippen LogP contribution in [-0.4, -0.2) is 25.2 Å². The molecule has 3 rings (SSSR count). The van der Waals surface area contributed by atoms with Gasteiger partial charge in [0, 0.05) is 24.5 Å². The summed E-state index contributed by atoms with van der Waals surface area (Å²) in [7, 11) is 1.84. The van der Waals surface area contributed by atoms with Crippen LogP contribution >= 0.6 is 0 Å². The van der Waals surface area contributed by atoms with E-state index >= 15 is 0 Å². The lowest BCUT2D eigenvalue weighted by Gasteiger charge is -2.04. The van der Waals surface area contributed by atoms with Gasteiger partial charge in [-0.1, -0.05) is 11.3 Å². The molecule has 2 aromatic heterocycles. The Morgan fingerprint density at radius 3 is 3.00 bits per heavy atom. The predicted molar refractivity (Wildman–Crippen MR) is 68.1 cm³/mol. The summed E-state index contributed by atoms with van der Waals surface area (Å²) in [6.07, 6.45) is 3.18. The van der Waals surface area contributed by atoms with Crippen molar-refractivity contribution in [1.29, 1.82) is 0 Å². The van der Waals surface area contributed by atoms with E-state index in [-0.39, 0.29) is 0 Å². The number of nitrogens with zero attached hydrogens (tertiary/aromatic N) is 5. The molecule has 19 heavy (non-hydrogen) atoms. The number of hydrogen-bond donors (Lipinski definition) is 1. The number of rotatable bonds is 4. The molecule has 0 fully saturated rings. The van der Waals surface area contributed by atoms with Crippen molar-refractivity contribution >= 4 is 5.69 Å². The summed E-state index contributed by atoms with van der Waals surface area (Å²) in [5.41, 5.74) is 2.72. The van der Waals surface area contributed by atoms with Crippen LogP contribution in [0.15, 0.2) is 41.3 Å². The molecule has 0 bridgehead atoms. The van der Waals surface area contributed by atoms with E-state index in [4.69, 9.17) is 4.42 Å². The summed E-state index contributed by atoms with van der Waals surface area (Å²) in [5.74, 6) is 0.503. The first-order valence-electron chi connectivity index (χ1n) is 5.77. The molecule has 0 radical (unpaired) electrons. The molecule has 7 nitrogen and oxygen atoms in total. The maximum atomic E-state index is 5.16. The van der Waals surface area contributed by atoms with Gasteiger partial charge in [-0.15, -0.1) is 15.3 Å². The first-order valence-corrected chi connectivity index (χ1v) is 5.77. The molecule has 1 aromatic carbocycles. The number of nitrogens with one attached hydrogen (secondary N) is 1. The van der Waals surface area contributed by atoms with Crippen molar-refractivity contribution in [3.63, 3.8) is 0 Å². The summed E-state index contributed by atoms with van der Waals surface area (Å²) in [6.45, 7) is 0.612. The topological polar surface area (TPSA) is 81.7 Å². The van der Waals surface area contributed by atoms with Crippen LogP contribution in [0.5, 0.6) is 0 Å². The quantitative estimate of drug-likeness (QED) is 0.761. The Labute approximate surface area is 109 Å². The Kier molecular flexibility index (Phi) is 2.93. The molecular formula is C12H12N6O. The summed E-state index contributed by atoms with van der Waals surface area (Å²) in [6, 6.07) is 7.76. The third-order valence-corrected chi connectivity index (χ3v) is 2.59. The first-order chi connectivity index (χ1) is 9.31. The van der Waals surface area contributed by atoms with E-state index in [0.29, 0.717) is 12.4 Å². The highest BCUT2D eigenvalue weighted by molar-refractivity contribution is 5.60. The lowest BCUT2D eigenvalue weighted by Crippen LogP contribution is -1.99. The van der Waals surface area contributed by atoms with Crippen LogP contribution in [0.3, 0.4) is 0 Å². The van der Waals surface area contributed by atoms with Crippen LogP contribution in [0, 0.1) is 0 Å². The van der Waals surface area contributed by atoms with Gasteiger partial charge in [-0.05, 0) is 18.2 Å². The smallest absolute Gasteiger partial charge is 0.247 e. The second-order valence-electron chi connectivity index (χ2n) is 4.06. The normalized spacial score (nSPS) is 10.6. The van der Waals surface area contributed by atoms with Gasteiger partial charge in [-0.25, -0.2) is 0 Å². The number of hydrogen-bond acceptors (Lipinski definition) is 6. The molecule has 0 aliphatic heterocycles. The zero-order valence-electron chi connectivity index (χ0n) is 10.3. The molecule has 2 heterocycles. The van der Waals surface area contributed by atoms with Gasteiger partial charge in [0.15, 0.2) is 0 Å². The minimum absolute atomic E-state index is 0.503. The average Bonchev–Trinajstić information content (AvgIpc) is 3.08. The van der Waals surface area contributed by atoms with Gasteiger partial charge in [-0.2, -0.15) is 0 Å². The average molecular weight is 256 g/mol. The minimum Gasteiger partial charge on any atom is -0.423 e. The van der Waals surface area contributed by atoms with Gasteiger partial charge >= 0.3 is 0 Å². The number of benzene rings is 1. The van der Waals surface area contributed by atoms with Crippen molar-refractivity contribution in [2.75, 3.05) is 5.32 Å². The van der Waals surface area contributed by atoms with Gasteiger partial charge in [0.1, 0.15) is 5.69 Å². The molecule has 0 aliphatic carbocycles. The molecule has 0 aliphatic rings. The molecular weight excluding hydrogens is 244 g/mol. The number of anilines is 1. The Morgan fingerprint density at radius 2 is 2.26 bits per heavy atom. The van der Waals surface area contributed by atoms with Gasteiger partial charge in [-0.3, -0.25) is 4.68 Å². The molecule has 96 valence electrons. The Morgan fingerprint density at radius 1 is 1.32 bits per heavy atom.